The van der Waals surface area contributed by atoms with Gasteiger partial charge in [-0.25, -0.2) is 0 Å². The summed E-state index contributed by atoms with van der Waals surface area (Å²) in [6.07, 6.45) is 23.1. The van der Waals surface area contributed by atoms with Gasteiger partial charge in [0.25, 0.3) is 0 Å². The third-order valence-corrected chi connectivity index (χ3v) is 6.96. The highest BCUT2D eigenvalue weighted by molar-refractivity contribution is 5.26. The molecule has 1 aromatic carbocycles. The summed E-state index contributed by atoms with van der Waals surface area (Å²) in [4.78, 5) is 0. The van der Waals surface area contributed by atoms with Gasteiger partial charge < -0.3 is 0 Å². The number of allylic oxidation sites excluding steroid dienone is 4. The van der Waals surface area contributed by atoms with Crippen molar-refractivity contribution in [1.29, 1.82) is 5.26 Å². The van der Waals surface area contributed by atoms with E-state index in [2.05, 4.69) is 55.5 Å². The van der Waals surface area contributed by atoms with E-state index in [0.29, 0.717) is 5.92 Å². The fourth-order valence-corrected chi connectivity index (χ4v) is 5.01. The molecule has 0 atom stereocenters. The first kappa shape index (κ1) is 20.9. The van der Waals surface area contributed by atoms with Crippen LogP contribution >= 0.6 is 0 Å². The lowest BCUT2D eigenvalue weighted by molar-refractivity contribution is 0.348. The summed E-state index contributed by atoms with van der Waals surface area (Å²) >= 11 is 0. The maximum absolute atomic E-state index is 8.66. The monoisotopic (exact) mass is 375 g/mol. The molecule has 3 rings (SSSR count). The normalized spacial score (nSPS) is 28.6. The number of benzene rings is 1. The van der Waals surface area contributed by atoms with Crippen molar-refractivity contribution < 1.29 is 0 Å². The lowest BCUT2D eigenvalue weighted by Crippen LogP contribution is -2.14. The molecule has 0 N–H and O–H groups in total. The minimum atomic E-state index is 0.632. The Hall–Kier alpha value is -1.81. The van der Waals surface area contributed by atoms with Crippen LogP contribution in [0.1, 0.15) is 88.2 Å². The number of unbranched alkanes of at least 4 members (excludes halogenated alkanes) is 1. The number of nitriles is 1. The van der Waals surface area contributed by atoms with Crippen molar-refractivity contribution in [2.45, 2.75) is 83.5 Å². The molecular weight excluding hydrogens is 338 g/mol. The summed E-state index contributed by atoms with van der Waals surface area (Å²) in [5.74, 6) is 2.96. The van der Waals surface area contributed by atoms with Crippen LogP contribution in [0.2, 0.25) is 0 Å². The SMILES string of the molecule is CCCCc1ccc(C2CCC(/C=C/C3CCC(C=CC#N)CC3)CC2)cc1. The summed E-state index contributed by atoms with van der Waals surface area (Å²) in [6.45, 7) is 2.26. The Morgan fingerprint density at radius 1 is 0.821 bits per heavy atom. The van der Waals surface area contributed by atoms with Crippen molar-refractivity contribution in [3.8, 4) is 6.07 Å². The van der Waals surface area contributed by atoms with Crippen LogP contribution in [0.25, 0.3) is 0 Å². The minimum Gasteiger partial charge on any atom is -0.193 e. The molecule has 0 radical (unpaired) electrons. The third-order valence-electron chi connectivity index (χ3n) is 6.96. The highest BCUT2D eigenvalue weighted by atomic mass is 14.3. The van der Waals surface area contributed by atoms with E-state index in [4.69, 9.17) is 5.26 Å². The van der Waals surface area contributed by atoms with Gasteiger partial charge in [0.2, 0.25) is 0 Å². The van der Waals surface area contributed by atoms with Gasteiger partial charge in [-0.2, -0.15) is 5.26 Å². The Morgan fingerprint density at radius 3 is 1.89 bits per heavy atom. The zero-order valence-electron chi connectivity index (χ0n) is 17.7. The fourth-order valence-electron chi connectivity index (χ4n) is 5.01. The quantitative estimate of drug-likeness (QED) is 0.353. The first-order chi connectivity index (χ1) is 13.8. The predicted molar refractivity (Wildman–Crippen MR) is 119 cm³/mol. The van der Waals surface area contributed by atoms with Crippen LogP contribution < -0.4 is 0 Å². The van der Waals surface area contributed by atoms with E-state index >= 15 is 0 Å². The first-order valence-electron chi connectivity index (χ1n) is 11.6. The number of nitrogens with zero attached hydrogens (tertiary/aromatic N) is 1. The second-order valence-corrected chi connectivity index (χ2v) is 9.00. The average Bonchev–Trinajstić information content (AvgIpc) is 2.76. The van der Waals surface area contributed by atoms with Gasteiger partial charge in [0, 0.05) is 6.08 Å². The van der Waals surface area contributed by atoms with Gasteiger partial charge in [-0.15, -0.1) is 0 Å². The molecule has 1 aromatic rings. The van der Waals surface area contributed by atoms with E-state index < -0.39 is 0 Å². The summed E-state index contributed by atoms with van der Waals surface area (Å²) < 4.78 is 0. The van der Waals surface area contributed by atoms with Crippen LogP contribution in [-0.4, -0.2) is 0 Å². The molecule has 0 heterocycles. The molecule has 150 valence electrons. The Balaban J connectivity index is 1.40. The predicted octanol–water partition coefficient (Wildman–Crippen LogP) is 7.75. The molecule has 0 unspecified atom stereocenters. The minimum absolute atomic E-state index is 0.632. The zero-order chi connectivity index (χ0) is 19.6. The van der Waals surface area contributed by atoms with Gasteiger partial charge in [-0.1, -0.05) is 55.8 Å². The maximum atomic E-state index is 8.66. The molecule has 0 aliphatic heterocycles. The van der Waals surface area contributed by atoms with Crippen LogP contribution in [0.15, 0.2) is 48.6 Å². The van der Waals surface area contributed by atoms with E-state index in [1.54, 1.807) is 11.6 Å². The molecule has 2 aliphatic rings. The molecule has 2 aliphatic carbocycles. The van der Waals surface area contributed by atoms with Crippen LogP contribution in [0.4, 0.5) is 0 Å². The molecule has 2 saturated carbocycles. The number of hydrogen-bond donors (Lipinski definition) is 0. The Labute approximate surface area is 172 Å². The van der Waals surface area contributed by atoms with Gasteiger partial charge in [-0.3, -0.25) is 0 Å². The van der Waals surface area contributed by atoms with E-state index in [1.165, 1.54) is 76.2 Å². The molecule has 1 nitrogen and oxygen atoms in total. The zero-order valence-corrected chi connectivity index (χ0v) is 17.7. The third kappa shape index (κ3) is 6.37. The van der Waals surface area contributed by atoms with Crippen molar-refractivity contribution in [1.82, 2.24) is 0 Å². The molecular formula is C27H37N. The van der Waals surface area contributed by atoms with Crippen molar-refractivity contribution in [2.24, 2.45) is 17.8 Å². The Bertz CT molecular complexity index is 659. The van der Waals surface area contributed by atoms with Crippen LogP contribution in [0, 0.1) is 29.1 Å². The van der Waals surface area contributed by atoms with Crippen LogP contribution in [0.5, 0.6) is 0 Å². The molecule has 0 bridgehead atoms. The van der Waals surface area contributed by atoms with Crippen molar-refractivity contribution in [2.75, 3.05) is 0 Å². The van der Waals surface area contributed by atoms with E-state index in [9.17, 15) is 0 Å². The highest BCUT2D eigenvalue weighted by Crippen LogP contribution is 2.37. The maximum Gasteiger partial charge on any atom is 0.0908 e. The van der Waals surface area contributed by atoms with Crippen molar-refractivity contribution in [3.05, 3.63) is 59.7 Å². The second-order valence-electron chi connectivity index (χ2n) is 9.00. The Kier molecular flexibility index (Phi) is 8.41. The molecule has 1 heteroatoms. The number of hydrogen-bond acceptors (Lipinski definition) is 1. The summed E-state index contributed by atoms with van der Waals surface area (Å²) in [5, 5.41) is 8.66. The number of rotatable bonds is 7. The average molecular weight is 376 g/mol. The van der Waals surface area contributed by atoms with E-state index in [0.717, 1.165) is 17.8 Å². The summed E-state index contributed by atoms with van der Waals surface area (Å²) in [5.41, 5.74) is 3.06. The topological polar surface area (TPSA) is 23.8 Å². The smallest absolute Gasteiger partial charge is 0.0908 e. The van der Waals surface area contributed by atoms with Gasteiger partial charge in [0.1, 0.15) is 0 Å². The Morgan fingerprint density at radius 2 is 1.36 bits per heavy atom. The van der Waals surface area contributed by atoms with Crippen LogP contribution in [-0.2, 0) is 6.42 Å². The van der Waals surface area contributed by atoms with Gasteiger partial charge in [0.05, 0.1) is 6.07 Å². The largest absolute Gasteiger partial charge is 0.193 e. The van der Waals surface area contributed by atoms with E-state index in [-0.39, 0.29) is 0 Å². The van der Waals surface area contributed by atoms with Gasteiger partial charge in [-0.05, 0) is 99.0 Å². The summed E-state index contributed by atoms with van der Waals surface area (Å²) in [6, 6.07) is 11.6. The van der Waals surface area contributed by atoms with Crippen molar-refractivity contribution >= 4 is 0 Å². The summed E-state index contributed by atoms with van der Waals surface area (Å²) in [7, 11) is 0. The number of aryl methyl sites for hydroxylation is 1. The fraction of sp³-hybridized carbons (Fsp3) is 0.593. The van der Waals surface area contributed by atoms with E-state index in [1.807, 2.05) is 0 Å². The lowest BCUT2D eigenvalue weighted by atomic mass is 9.77. The standard InChI is InChI=1S/C27H37N/c1-2-3-5-22-13-17-26(18-14-22)27-19-15-25(16-20-27)12-11-24-9-7-23(8-10-24)6-4-21-28/h4,6,11-14,17-18,23-25,27H,2-3,5,7-10,15-16,19-20H2,1H3/b6-4?,12-11+. The van der Waals surface area contributed by atoms with Crippen molar-refractivity contribution in [3.63, 3.8) is 0 Å². The molecule has 2 fully saturated rings. The molecule has 0 amide bonds. The molecule has 28 heavy (non-hydrogen) atoms. The van der Waals surface area contributed by atoms with Gasteiger partial charge in [0.15, 0.2) is 0 Å². The highest BCUT2D eigenvalue weighted by Gasteiger charge is 2.22. The second kappa shape index (κ2) is 11.3. The molecule has 0 saturated heterocycles. The molecule has 0 spiro atoms. The van der Waals surface area contributed by atoms with Crippen LogP contribution in [0.3, 0.4) is 0 Å². The molecule has 0 aromatic heterocycles. The first-order valence-corrected chi connectivity index (χ1v) is 11.6. The van der Waals surface area contributed by atoms with Gasteiger partial charge >= 0.3 is 0 Å². The lowest BCUT2D eigenvalue weighted by Gasteiger charge is -2.28.